The Morgan fingerprint density at radius 2 is 1.95 bits per heavy atom. The summed E-state index contributed by atoms with van der Waals surface area (Å²) < 4.78 is 12.9. The summed E-state index contributed by atoms with van der Waals surface area (Å²) in [4.78, 5) is 15.5. The monoisotopic (exact) mass is 289 g/mol. The van der Waals surface area contributed by atoms with Gasteiger partial charge in [0.25, 0.3) is 0 Å². The van der Waals surface area contributed by atoms with Gasteiger partial charge < -0.3 is 15.7 Å². The summed E-state index contributed by atoms with van der Waals surface area (Å²) in [7, 11) is 1.53. The van der Waals surface area contributed by atoms with Crippen molar-refractivity contribution in [3.05, 3.63) is 42.3 Å². The molecule has 0 saturated heterocycles. The molecule has 0 aliphatic carbocycles. The van der Waals surface area contributed by atoms with E-state index in [1.165, 1.54) is 25.2 Å². The van der Waals surface area contributed by atoms with Gasteiger partial charge in [0.15, 0.2) is 11.6 Å². The van der Waals surface area contributed by atoms with Crippen LogP contribution < -0.4 is 10.6 Å². The van der Waals surface area contributed by atoms with Gasteiger partial charge in [0.05, 0.1) is 0 Å². The minimum Gasteiger partial charge on any atom is -0.504 e. The molecule has 1 amide bonds. The highest BCUT2D eigenvalue weighted by Crippen LogP contribution is 2.28. The summed E-state index contributed by atoms with van der Waals surface area (Å²) in [6, 6.07) is 6.88. The number of halogens is 1. The van der Waals surface area contributed by atoms with E-state index in [0.717, 1.165) is 5.56 Å². The maximum Gasteiger partial charge on any atom is 0.241 e. The van der Waals surface area contributed by atoms with Gasteiger partial charge in [-0.15, -0.1) is 0 Å². The molecule has 1 aromatic heterocycles. The Morgan fingerprint density at radius 3 is 2.52 bits per heavy atom. The zero-order valence-corrected chi connectivity index (χ0v) is 11.7. The summed E-state index contributed by atoms with van der Waals surface area (Å²) in [5.41, 5.74) is 1.40. The van der Waals surface area contributed by atoms with Crippen LogP contribution >= 0.6 is 0 Å². The molecule has 0 radical (unpaired) electrons. The Kier molecular flexibility index (Phi) is 4.37. The largest absolute Gasteiger partial charge is 0.504 e. The lowest BCUT2D eigenvalue weighted by atomic mass is 10.1. The maximum atomic E-state index is 12.9. The van der Waals surface area contributed by atoms with Gasteiger partial charge in [0, 0.05) is 18.8 Å². The fourth-order valence-corrected chi connectivity index (χ4v) is 1.85. The van der Waals surface area contributed by atoms with Crippen molar-refractivity contribution in [3.63, 3.8) is 0 Å². The van der Waals surface area contributed by atoms with Crippen molar-refractivity contribution in [1.82, 2.24) is 10.3 Å². The maximum absolute atomic E-state index is 12.9. The molecule has 0 saturated carbocycles. The fourth-order valence-electron chi connectivity index (χ4n) is 1.85. The summed E-state index contributed by atoms with van der Waals surface area (Å²) in [5, 5.41) is 15.3. The van der Waals surface area contributed by atoms with Crippen molar-refractivity contribution in [3.8, 4) is 16.9 Å². The number of nitrogens with one attached hydrogen (secondary N) is 2. The second-order valence-electron chi connectivity index (χ2n) is 4.58. The number of hydrogen-bond donors (Lipinski definition) is 3. The van der Waals surface area contributed by atoms with E-state index in [1.54, 1.807) is 25.3 Å². The Bertz CT molecular complexity index is 644. The highest BCUT2D eigenvalue weighted by molar-refractivity contribution is 5.84. The Balaban J connectivity index is 2.21. The standard InChI is InChI=1S/C15H16FN3O2/c1-9(15(21)17-2)19-14-13(20)7-11(8-18-14)10-3-5-12(16)6-4-10/h3-9,20H,1-2H3,(H,17,21)(H,18,19). The number of aromatic nitrogens is 1. The van der Waals surface area contributed by atoms with Crippen molar-refractivity contribution >= 4 is 11.7 Å². The first-order valence-corrected chi connectivity index (χ1v) is 6.44. The predicted octanol–water partition coefficient (Wildman–Crippen LogP) is 2.14. The molecule has 1 atom stereocenters. The summed E-state index contributed by atoms with van der Waals surface area (Å²) in [6.07, 6.45) is 1.55. The summed E-state index contributed by atoms with van der Waals surface area (Å²) in [5.74, 6) is -0.392. The van der Waals surface area contributed by atoms with Crippen LogP contribution in [0.4, 0.5) is 10.2 Å². The number of nitrogens with zero attached hydrogens (tertiary/aromatic N) is 1. The van der Waals surface area contributed by atoms with Crippen LogP contribution in [-0.2, 0) is 4.79 Å². The van der Waals surface area contributed by atoms with Crippen LogP contribution in [0.25, 0.3) is 11.1 Å². The molecular weight excluding hydrogens is 273 g/mol. The van der Waals surface area contributed by atoms with E-state index >= 15 is 0 Å². The third kappa shape index (κ3) is 3.47. The van der Waals surface area contributed by atoms with Crippen molar-refractivity contribution in [2.24, 2.45) is 0 Å². The lowest BCUT2D eigenvalue weighted by molar-refractivity contribution is -0.121. The third-order valence-electron chi connectivity index (χ3n) is 3.04. The van der Waals surface area contributed by atoms with E-state index in [-0.39, 0.29) is 23.3 Å². The van der Waals surface area contributed by atoms with Crippen LogP contribution in [0.3, 0.4) is 0 Å². The fraction of sp³-hybridized carbons (Fsp3) is 0.200. The molecule has 21 heavy (non-hydrogen) atoms. The van der Waals surface area contributed by atoms with Crippen molar-refractivity contribution in [2.45, 2.75) is 13.0 Å². The van der Waals surface area contributed by atoms with Crippen molar-refractivity contribution in [2.75, 3.05) is 12.4 Å². The molecule has 0 aliphatic rings. The molecule has 1 heterocycles. The molecule has 0 spiro atoms. The molecule has 2 aromatic rings. The first-order valence-electron chi connectivity index (χ1n) is 6.44. The first-order chi connectivity index (χ1) is 10.0. The van der Waals surface area contributed by atoms with Gasteiger partial charge in [-0.3, -0.25) is 4.79 Å². The number of amides is 1. The molecular formula is C15H16FN3O2. The second kappa shape index (κ2) is 6.21. The Morgan fingerprint density at radius 1 is 1.29 bits per heavy atom. The van der Waals surface area contributed by atoms with E-state index in [1.807, 2.05) is 0 Å². The number of benzene rings is 1. The Labute approximate surface area is 121 Å². The highest BCUT2D eigenvalue weighted by atomic mass is 19.1. The number of rotatable bonds is 4. The van der Waals surface area contributed by atoms with Gasteiger partial charge in [0.2, 0.25) is 5.91 Å². The zero-order chi connectivity index (χ0) is 15.4. The number of carbonyl (C=O) groups is 1. The van der Waals surface area contributed by atoms with Gasteiger partial charge >= 0.3 is 0 Å². The van der Waals surface area contributed by atoms with Gasteiger partial charge in [0.1, 0.15) is 11.9 Å². The van der Waals surface area contributed by atoms with Crippen LogP contribution in [0.15, 0.2) is 36.5 Å². The van der Waals surface area contributed by atoms with Crippen LogP contribution in [0.1, 0.15) is 6.92 Å². The Hall–Kier alpha value is -2.63. The molecule has 1 aromatic carbocycles. The molecule has 110 valence electrons. The average Bonchev–Trinajstić information content (AvgIpc) is 2.49. The van der Waals surface area contributed by atoms with Crippen molar-refractivity contribution < 1.29 is 14.3 Å². The van der Waals surface area contributed by atoms with E-state index in [0.29, 0.717) is 5.56 Å². The molecule has 6 heteroatoms. The van der Waals surface area contributed by atoms with E-state index in [4.69, 9.17) is 0 Å². The quantitative estimate of drug-likeness (QED) is 0.806. The molecule has 0 bridgehead atoms. The van der Waals surface area contributed by atoms with E-state index < -0.39 is 6.04 Å². The number of hydrogen-bond acceptors (Lipinski definition) is 4. The third-order valence-corrected chi connectivity index (χ3v) is 3.04. The van der Waals surface area contributed by atoms with Crippen LogP contribution in [0.2, 0.25) is 0 Å². The number of pyridine rings is 1. The van der Waals surface area contributed by atoms with Gasteiger partial charge in [-0.25, -0.2) is 9.37 Å². The lowest BCUT2D eigenvalue weighted by Gasteiger charge is -2.14. The SMILES string of the molecule is CNC(=O)C(C)Nc1ncc(-c2ccc(F)cc2)cc1O. The topological polar surface area (TPSA) is 74.2 Å². The first kappa shape index (κ1) is 14.8. The smallest absolute Gasteiger partial charge is 0.241 e. The van der Waals surface area contributed by atoms with Gasteiger partial charge in [-0.1, -0.05) is 12.1 Å². The minimum absolute atomic E-state index is 0.0763. The highest BCUT2D eigenvalue weighted by Gasteiger charge is 2.14. The van der Waals surface area contributed by atoms with Gasteiger partial charge in [-0.05, 0) is 30.7 Å². The molecule has 3 N–H and O–H groups in total. The van der Waals surface area contributed by atoms with Crippen LogP contribution in [0, 0.1) is 5.82 Å². The van der Waals surface area contributed by atoms with Crippen LogP contribution in [0.5, 0.6) is 5.75 Å². The molecule has 1 unspecified atom stereocenters. The normalized spacial score (nSPS) is 11.8. The molecule has 2 rings (SSSR count). The molecule has 0 aliphatic heterocycles. The zero-order valence-electron chi connectivity index (χ0n) is 11.7. The van der Waals surface area contributed by atoms with Crippen LogP contribution in [-0.4, -0.2) is 29.1 Å². The second-order valence-corrected chi connectivity index (χ2v) is 4.58. The number of likely N-dealkylation sites (N-methyl/N-ethyl adjacent to an activating group) is 1. The molecule has 5 nitrogen and oxygen atoms in total. The summed E-state index contributed by atoms with van der Waals surface area (Å²) >= 11 is 0. The predicted molar refractivity (Wildman–Crippen MR) is 78.4 cm³/mol. The lowest BCUT2D eigenvalue weighted by Crippen LogP contribution is -2.35. The molecule has 0 fully saturated rings. The summed E-state index contributed by atoms with van der Waals surface area (Å²) in [6.45, 7) is 1.66. The number of carbonyl (C=O) groups excluding carboxylic acids is 1. The van der Waals surface area contributed by atoms with E-state index in [9.17, 15) is 14.3 Å². The van der Waals surface area contributed by atoms with Crippen molar-refractivity contribution in [1.29, 1.82) is 0 Å². The minimum atomic E-state index is -0.523. The number of aromatic hydroxyl groups is 1. The number of anilines is 1. The average molecular weight is 289 g/mol. The van der Waals surface area contributed by atoms with Gasteiger partial charge in [-0.2, -0.15) is 0 Å². The van der Waals surface area contributed by atoms with E-state index in [2.05, 4.69) is 15.6 Å².